The van der Waals surface area contributed by atoms with Crippen LogP contribution in [0, 0.1) is 6.92 Å². The van der Waals surface area contributed by atoms with Gasteiger partial charge in [-0.3, -0.25) is 14.7 Å². The van der Waals surface area contributed by atoms with Gasteiger partial charge in [0.1, 0.15) is 0 Å². The molecular formula is C16H26N4O. The molecule has 0 radical (unpaired) electrons. The fourth-order valence-corrected chi connectivity index (χ4v) is 3.01. The van der Waals surface area contributed by atoms with Gasteiger partial charge in [-0.2, -0.15) is 0 Å². The maximum atomic E-state index is 12.5. The highest BCUT2D eigenvalue weighted by atomic mass is 16.2. The number of rotatable bonds is 5. The normalized spacial score (nSPS) is 17.8. The first-order chi connectivity index (χ1) is 10.2. The Bertz CT molecular complexity index is 469. The van der Waals surface area contributed by atoms with Crippen LogP contribution in [0.15, 0.2) is 18.3 Å². The van der Waals surface area contributed by atoms with E-state index in [1.807, 2.05) is 24.0 Å². The number of aryl methyl sites for hydroxylation is 1. The highest BCUT2D eigenvalue weighted by Crippen LogP contribution is 2.15. The Hall–Kier alpha value is -1.46. The minimum atomic E-state index is 0.104. The van der Waals surface area contributed by atoms with Gasteiger partial charge in [-0.25, -0.2) is 0 Å². The highest BCUT2D eigenvalue weighted by molar-refractivity contribution is 5.95. The number of hydrogen-bond donors (Lipinski definition) is 1. The van der Waals surface area contributed by atoms with E-state index >= 15 is 0 Å². The molecule has 1 aromatic heterocycles. The first-order valence-corrected chi connectivity index (χ1v) is 7.82. The number of carbonyl (C=O) groups excluding carboxylic acids is 1. The van der Waals surface area contributed by atoms with Crippen LogP contribution in [0.5, 0.6) is 0 Å². The zero-order valence-corrected chi connectivity index (χ0v) is 13.1. The largest absolute Gasteiger partial charge is 0.336 e. The fourth-order valence-electron chi connectivity index (χ4n) is 3.01. The Morgan fingerprint density at radius 3 is 2.67 bits per heavy atom. The van der Waals surface area contributed by atoms with Crippen molar-refractivity contribution in [3.63, 3.8) is 0 Å². The number of piperazine rings is 1. The van der Waals surface area contributed by atoms with E-state index < -0.39 is 0 Å². The van der Waals surface area contributed by atoms with Gasteiger partial charge in [0.15, 0.2) is 0 Å². The quantitative estimate of drug-likeness (QED) is 0.887. The van der Waals surface area contributed by atoms with Crippen molar-refractivity contribution in [2.45, 2.75) is 32.7 Å². The number of nitrogens with two attached hydrogens (primary N) is 1. The van der Waals surface area contributed by atoms with E-state index in [4.69, 9.17) is 5.73 Å². The second-order valence-corrected chi connectivity index (χ2v) is 5.60. The minimum absolute atomic E-state index is 0.104. The van der Waals surface area contributed by atoms with Crippen LogP contribution in [-0.2, 0) is 0 Å². The summed E-state index contributed by atoms with van der Waals surface area (Å²) in [6.45, 7) is 8.26. The molecule has 1 saturated heterocycles. The third-order valence-corrected chi connectivity index (χ3v) is 4.33. The summed E-state index contributed by atoms with van der Waals surface area (Å²) in [5.74, 6) is 0.104. The van der Waals surface area contributed by atoms with Gasteiger partial charge >= 0.3 is 0 Å². The summed E-state index contributed by atoms with van der Waals surface area (Å²) >= 11 is 0. The molecule has 0 spiro atoms. The van der Waals surface area contributed by atoms with E-state index in [1.54, 1.807) is 6.20 Å². The van der Waals surface area contributed by atoms with Crippen molar-refractivity contribution in [2.75, 3.05) is 32.7 Å². The van der Waals surface area contributed by atoms with Crippen LogP contribution in [0.2, 0.25) is 0 Å². The zero-order valence-electron chi connectivity index (χ0n) is 13.1. The second-order valence-electron chi connectivity index (χ2n) is 5.60. The van der Waals surface area contributed by atoms with E-state index in [0.29, 0.717) is 6.04 Å². The Balaban J connectivity index is 1.95. The number of nitrogens with zero attached hydrogens (tertiary/aromatic N) is 3. The number of carbonyl (C=O) groups is 1. The average molecular weight is 290 g/mol. The average Bonchev–Trinajstić information content (AvgIpc) is 2.52. The molecule has 0 aromatic carbocycles. The summed E-state index contributed by atoms with van der Waals surface area (Å²) in [7, 11) is 0. The van der Waals surface area contributed by atoms with Crippen molar-refractivity contribution in [1.82, 2.24) is 14.8 Å². The molecule has 116 valence electrons. The molecule has 1 unspecified atom stereocenters. The fraction of sp³-hybridized carbons (Fsp3) is 0.625. The van der Waals surface area contributed by atoms with Gasteiger partial charge in [-0.1, -0.05) is 6.92 Å². The molecule has 1 atom stereocenters. The number of aromatic nitrogens is 1. The SMILES string of the molecule is CCC(CCN)N1CCN(C(=O)c2cccnc2C)CC1. The molecule has 2 N–H and O–H groups in total. The lowest BCUT2D eigenvalue weighted by molar-refractivity contribution is 0.0556. The van der Waals surface area contributed by atoms with Crippen LogP contribution in [0.25, 0.3) is 0 Å². The lowest BCUT2D eigenvalue weighted by Crippen LogP contribution is -2.52. The molecule has 0 saturated carbocycles. The first kappa shape index (κ1) is 15.9. The Labute approximate surface area is 127 Å². The topological polar surface area (TPSA) is 62.5 Å². The molecule has 2 rings (SSSR count). The van der Waals surface area contributed by atoms with Crippen LogP contribution in [0.1, 0.15) is 35.8 Å². The lowest BCUT2D eigenvalue weighted by atomic mass is 10.1. The second kappa shape index (κ2) is 7.52. The van der Waals surface area contributed by atoms with Crippen LogP contribution >= 0.6 is 0 Å². The summed E-state index contributed by atoms with van der Waals surface area (Å²) in [5.41, 5.74) is 7.21. The van der Waals surface area contributed by atoms with Crippen LogP contribution in [0.3, 0.4) is 0 Å². The molecule has 1 amide bonds. The molecule has 2 heterocycles. The summed E-state index contributed by atoms with van der Waals surface area (Å²) < 4.78 is 0. The zero-order chi connectivity index (χ0) is 15.2. The lowest BCUT2D eigenvalue weighted by Gasteiger charge is -2.39. The first-order valence-electron chi connectivity index (χ1n) is 7.82. The van der Waals surface area contributed by atoms with Crippen molar-refractivity contribution < 1.29 is 4.79 Å². The summed E-state index contributed by atoms with van der Waals surface area (Å²) in [5, 5.41) is 0. The third-order valence-electron chi connectivity index (χ3n) is 4.33. The highest BCUT2D eigenvalue weighted by Gasteiger charge is 2.26. The van der Waals surface area contributed by atoms with Gasteiger partial charge in [-0.05, 0) is 38.4 Å². The molecule has 5 heteroatoms. The molecule has 1 fully saturated rings. The van der Waals surface area contributed by atoms with Crippen molar-refractivity contribution in [3.8, 4) is 0 Å². The molecular weight excluding hydrogens is 264 g/mol. The molecule has 1 aromatic rings. The molecule has 0 bridgehead atoms. The van der Waals surface area contributed by atoms with Gasteiger partial charge in [0, 0.05) is 44.1 Å². The van der Waals surface area contributed by atoms with Gasteiger partial charge in [0.2, 0.25) is 0 Å². The van der Waals surface area contributed by atoms with Crippen molar-refractivity contribution in [3.05, 3.63) is 29.6 Å². The van der Waals surface area contributed by atoms with E-state index in [9.17, 15) is 4.79 Å². The van der Waals surface area contributed by atoms with E-state index in [2.05, 4.69) is 16.8 Å². The van der Waals surface area contributed by atoms with Gasteiger partial charge < -0.3 is 10.6 Å². The smallest absolute Gasteiger partial charge is 0.255 e. The van der Waals surface area contributed by atoms with E-state index in [-0.39, 0.29) is 5.91 Å². The van der Waals surface area contributed by atoms with Gasteiger partial charge in [0.25, 0.3) is 5.91 Å². The van der Waals surface area contributed by atoms with E-state index in [0.717, 1.165) is 56.8 Å². The number of hydrogen-bond acceptors (Lipinski definition) is 4. The molecule has 1 aliphatic heterocycles. The standard InChI is InChI=1S/C16H26N4O/c1-3-14(6-7-17)19-9-11-20(12-10-19)16(21)15-5-4-8-18-13(15)2/h4-5,8,14H,3,6-7,9-12,17H2,1-2H3. The predicted molar refractivity (Wildman–Crippen MR) is 84.2 cm³/mol. The molecule has 1 aliphatic rings. The van der Waals surface area contributed by atoms with Crippen LogP contribution < -0.4 is 5.73 Å². The van der Waals surface area contributed by atoms with Gasteiger partial charge in [0.05, 0.1) is 5.56 Å². The van der Waals surface area contributed by atoms with Crippen molar-refractivity contribution >= 4 is 5.91 Å². The number of pyridine rings is 1. The minimum Gasteiger partial charge on any atom is -0.336 e. The maximum Gasteiger partial charge on any atom is 0.255 e. The Morgan fingerprint density at radius 1 is 1.38 bits per heavy atom. The van der Waals surface area contributed by atoms with Crippen LogP contribution in [-0.4, -0.2) is 59.5 Å². The van der Waals surface area contributed by atoms with E-state index in [1.165, 1.54) is 0 Å². The van der Waals surface area contributed by atoms with Crippen molar-refractivity contribution in [2.24, 2.45) is 5.73 Å². The summed E-state index contributed by atoms with van der Waals surface area (Å²) in [6.07, 6.45) is 3.88. The molecule has 0 aliphatic carbocycles. The Morgan fingerprint density at radius 2 is 2.10 bits per heavy atom. The predicted octanol–water partition coefficient (Wildman–Crippen LogP) is 1.28. The van der Waals surface area contributed by atoms with Crippen LogP contribution in [0.4, 0.5) is 0 Å². The Kier molecular flexibility index (Phi) is 5.70. The molecule has 5 nitrogen and oxygen atoms in total. The van der Waals surface area contributed by atoms with Gasteiger partial charge in [-0.15, -0.1) is 0 Å². The molecule has 21 heavy (non-hydrogen) atoms. The number of amides is 1. The summed E-state index contributed by atoms with van der Waals surface area (Å²) in [4.78, 5) is 21.1. The maximum absolute atomic E-state index is 12.5. The third kappa shape index (κ3) is 3.80. The monoisotopic (exact) mass is 290 g/mol. The summed E-state index contributed by atoms with van der Waals surface area (Å²) in [6, 6.07) is 4.23. The van der Waals surface area contributed by atoms with Crippen molar-refractivity contribution in [1.29, 1.82) is 0 Å².